The van der Waals surface area contributed by atoms with Crippen LogP contribution in [-0.4, -0.2) is 11.3 Å². The van der Waals surface area contributed by atoms with Gasteiger partial charge in [-0.2, -0.15) is 0 Å². The van der Waals surface area contributed by atoms with E-state index in [-0.39, 0.29) is 0 Å². The van der Waals surface area contributed by atoms with Gasteiger partial charge in [0.05, 0.1) is 0 Å². The zero-order valence-corrected chi connectivity index (χ0v) is 11.5. The van der Waals surface area contributed by atoms with E-state index in [1.165, 1.54) is 0 Å². The minimum Gasteiger partial charge on any atom is -0.304 e. The molecule has 1 aromatic carbocycles. The lowest BCUT2D eigenvalue weighted by molar-refractivity contribution is 0.558. The lowest BCUT2D eigenvalue weighted by Crippen LogP contribution is -2.21. The van der Waals surface area contributed by atoms with Gasteiger partial charge in [0.1, 0.15) is 0 Å². The van der Waals surface area contributed by atoms with Crippen molar-refractivity contribution in [3.05, 3.63) is 35.4 Å². The lowest BCUT2D eigenvalue weighted by atomic mass is 10.1. The predicted molar refractivity (Wildman–Crippen MR) is 66.2 cm³/mol. The smallest absolute Gasteiger partial charge is 0.184 e. The van der Waals surface area contributed by atoms with E-state index >= 15 is 0 Å². The molecule has 0 amide bonds. The maximum Gasteiger partial charge on any atom is 0.184 e. The van der Waals surface area contributed by atoms with Crippen molar-refractivity contribution in [1.29, 1.82) is 0 Å². The Morgan fingerprint density at radius 1 is 1.43 bits per heavy atom. The third-order valence-corrected chi connectivity index (χ3v) is 4.79. The van der Waals surface area contributed by atoms with Gasteiger partial charge >= 0.3 is 0 Å². The molecule has 0 aliphatic carbocycles. The average Bonchev–Trinajstić information content (AvgIpc) is 2.08. The molecule has 5 heteroatoms. The summed E-state index contributed by atoms with van der Waals surface area (Å²) in [5.74, 6) is 0. The van der Waals surface area contributed by atoms with Gasteiger partial charge < -0.3 is 4.55 Å². The van der Waals surface area contributed by atoms with E-state index in [1.54, 1.807) is 0 Å². The van der Waals surface area contributed by atoms with Gasteiger partial charge in [-0.15, -0.1) is 0 Å². The number of aryl methyl sites for hydroxylation is 1. The Kier molecular flexibility index (Phi) is 4.30. The quantitative estimate of drug-likeness (QED) is 0.677. The first kappa shape index (κ1) is 12.4. The molecule has 0 saturated heterocycles. The first-order chi connectivity index (χ1) is 6.43. The van der Waals surface area contributed by atoms with Gasteiger partial charge in [0.15, 0.2) is 13.6 Å². The number of hydrogen-bond donors (Lipinski definition) is 1. The zero-order valence-electron chi connectivity index (χ0n) is 7.54. The number of alkyl halides is 2. The Balaban J connectivity index is 2.89. The predicted octanol–water partition coefficient (Wildman–Crippen LogP) is 3.20. The molecule has 1 aromatic rings. The molecule has 0 heterocycles. The Hall–Kier alpha value is 0.290. The average molecular weight is 342 g/mol. The van der Waals surface area contributed by atoms with Crippen LogP contribution in [0.5, 0.6) is 0 Å². The second-order valence-corrected chi connectivity index (χ2v) is 9.01. The van der Waals surface area contributed by atoms with Crippen molar-refractivity contribution >= 4 is 42.9 Å². The number of rotatable bonds is 3. The molecule has 78 valence electrons. The minimum absolute atomic E-state index is 0.461. The van der Waals surface area contributed by atoms with E-state index < -0.39 is 13.6 Å². The van der Waals surface area contributed by atoms with Crippen molar-refractivity contribution in [3.63, 3.8) is 0 Å². The third-order valence-electron chi connectivity index (χ3n) is 1.91. The van der Waals surface area contributed by atoms with Crippen LogP contribution in [0.15, 0.2) is 24.3 Å². The van der Waals surface area contributed by atoms with E-state index in [0.29, 0.717) is 6.42 Å². The van der Waals surface area contributed by atoms with Crippen molar-refractivity contribution in [3.8, 4) is 0 Å². The lowest BCUT2D eigenvalue weighted by Gasteiger charge is -2.16. The van der Waals surface area contributed by atoms with E-state index in [2.05, 4.69) is 31.9 Å². The number of hydrogen-bond acceptors (Lipinski definition) is 1. The van der Waals surface area contributed by atoms with Crippen molar-refractivity contribution in [2.75, 3.05) is 0 Å². The molecule has 0 fully saturated rings. The molecule has 0 aliphatic heterocycles. The molecular formula is C9H10Br2O2S. The van der Waals surface area contributed by atoms with Gasteiger partial charge in [-0.3, -0.25) is 0 Å². The highest BCUT2D eigenvalue weighted by molar-refractivity contribution is 9.27. The van der Waals surface area contributed by atoms with Crippen LogP contribution in [-0.2, 0) is 17.5 Å². The molecular weight excluding hydrogens is 332 g/mol. The summed E-state index contributed by atoms with van der Waals surface area (Å²) in [6.07, 6.45) is 0.461. The zero-order chi connectivity index (χ0) is 10.8. The monoisotopic (exact) mass is 340 g/mol. The molecule has 0 aliphatic rings. The van der Waals surface area contributed by atoms with Crippen molar-refractivity contribution in [2.45, 2.75) is 15.9 Å². The molecule has 1 rings (SSSR count). The summed E-state index contributed by atoms with van der Waals surface area (Å²) in [4.78, 5) is 0. The fourth-order valence-electron chi connectivity index (χ4n) is 1.09. The fourth-order valence-corrected chi connectivity index (χ4v) is 1.97. The van der Waals surface area contributed by atoms with E-state index in [1.807, 2.05) is 31.2 Å². The summed E-state index contributed by atoms with van der Waals surface area (Å²) in [5, 5.41) is 0. The second kappa shape index (κ2) is 4.88. The summed E-state index contributed by atoms with van der Waals surface area (Å²) in [6, 6.07) is 7.78. The van der Waals surface area contributed by atoms with Gasteiger partial charge in [-0.25, -0.2) is 4.21 Å². The van der Waals surface area contributed by atoms with Crippen molar-refractivity contribution < 1.29 is 8.76 Å². The highest BCUT2D eigenvalue weighted by Crippen LogP contribution is 2.34. The number of benzene rings is 1. The first-order valence-electron chi connectivity index (χ1n) is 3.97. The van der Waals surface area contributed by atoms with Gasteiger partial charge in [0.25, 0.3) is 0 Å². The molecule has 1 unspecified atom stereocenters. The van der Waals surface area contributed by atoms with E-state index in [0.717, 1.165) is 11.1 Å². The Morgan fingerprint density at radius 2 is 2.00 bits per heavy atom. The second-order valence-electron chi connectivity index (χ2n) is 2.99. The molecule has 0 saturated carbocycles. The van der Waals surface area contributed by atoms with Gasteiger partial charge in [-0.1, -0.05) is 56.1 Å². The van der Waals surface area contributed by atoms with Crippen LogP contribution in [0.4, 0.5) is 0 Å². The van der Waals surface area contributed by atoms with E-state index in [4.69, 9.17) is 4.55 Å². The van der Waals surface area contributed by atoms with Gasteiger partial charge in [-0.05, 0) is 18.1 Å². The highest BCUT2D eigenvalue weighted by Gasteiger charge is 2.30. The Labute approximate surface area is 103 Å². The number of halogens is 2. The fraction of sp³-hybridized carbons (Fsp3) is 0.333. The topological polar surface area (TPSA) is 37.3 Å². The Morgan fingerprint density at radius 3 is 2.50 bits per heavy atom. The molecule has 0 aromatic heterocycles. The van der Waals surface area contributed by atoms with Crippen molar-refractivity contribution in [1.82, 2.24) is 0 Å². The maximum atomic E-state index is 11.0. The molecule has 0 radical (unpaired) electrons. The normalized spacial score (nSPS) is 14.0. The molecule has 14 heavy (non-hydrogen) atoms. The van der Waals surface area contributed by atoms with E-state index in [9.17, 15) is 4.21 Å². The summed E-state index contributed by atoms with van der Waals surface area (Å²) >= 11 is 4.42. The standard InChI is InChI=1S/C9H10Br2O2S/c1-7-4-2-3-5-8(7)6-9(10,11)14(12)13/h2-5H,6H2,1H3,(H,12,13). The van der Waals surface area contributed by atoms with Gasteiger partial charge in [0.2, 0.25) is 0 Å². The summed E-state index contributed by atoms with van der Waals surface area (Å²) in [6.45, 7) is 1.98. The summed E-state index contributed by atoms with van der Waals surface area (Å²) < 4.78 is 19.0. The largest absolute Gasteiger partial charge is 0.304 e. The van der Waals surface area contributed by atoms with Gasteiger partial charge in [0, 0.05) is 6.42 Å². The molecule has 1 N–H and O–H groups in total. The van der Waals surface area contributed by atoms with Crippen LogP contribution < -0.4 is 0 Å². The molecule has 0 bridgehead atoms. The SMILES string of the molecule is Cc1ccccc1CC(Br)(Br)S(=O)O. The third kappa shape index (κ3) is 3.15. The first-order valence-corrected chi connectivity index (χ1v) is 6.66. The van der Waals surface area contributed by atoms with Crippen molar-refractivity contribution in [2.24, 2.45) is 0 Å². The van der Waals surface area contributed by atoms with Crippen LogP contribution in [0, 0.1) is 6.92 Å². The van der Waals surface area contributed by atoms with Crippen LogP contribution in [0.2, 0.25) is 0 Å². The van der Waals surface area contributed by atoms with Crippen LogP contribution in [0.25, 0.3) is 0 Å². The van der Waals surface area contributed by atoms with Crippen LogP contribution in [0.3, 0.4) is 0 Å². The van der Waals surface area contributed by atoms with Crippen LogP contribution >= 0.6 is 31.9 Å². The summed E-state index contributed by atoms with van der Waals surface area (Å²) in [5.41, 5.74) is 2.16. The molecule has 0 spiro atoms. The highest BCUT2D eigenvalue weighted by atomic mass is 79.9. The Bertz CT molecular complexity index is 352. The minimum atomic E-state index is -1.95. The molecule has 1 atom stereocenters. The van der Waals surface area contributed by atoms with Crippen LogP contribution in [0.1, 0.15) is 11.1 Å². The maximum absolute atomic E-state index is 11.0. The summed E-state index contributed by atoms with van der Waals surface area (Å²) in [7, 11) is 0. The molecule has 2 nitrogen and oxygen atoms in total.